The van der Waals surface area contributed by atoms with Crippen molar-refractivity contribution in [3.8, 4) is 33.6 Å². The fourth-order valence-electron chi connectivity index (χ4n) is 8.11. The molecule has 0 aliphatic heterocycles. The summed E-state index contributed by atoms with van der Waals surface area (Å²) in [6.07, 6.45) is 3.67. The third-order valence-corrected chi connectivity index (χ3v) is 10.5. The van der Waals surface area contributed by atoms with Gasteiger partial charge in [-0.25, -0.2) is 9.97 Å². The minimum Gasteiger partial charge on any atom is -0.254 e. The predicted molar refractivity (Wildman–Crippen MR) is 216 cm³/mol. The topological polar surface area (TPSA) is 51.6 Å². The molecule has 52 heavy (non-hydrogen) atoms. The van der Waals surface area contributed by atoms with Crippen LogP contribution in [0.25, 0.3) is 110 Å². The molecule has 240 valence electrons. The molecule has 11 rings (SSSR count). The number of rotatable bonds is 3. The number of nitrogens with zero attached hydrogens (tertiary/aromatic N) is 4. The lowest BCUT2D eigenvalue weighted by Crippen LogP contribution is -1.93. The number of hydrogen-bond donors (Lipinski definition) is 0. The van der Waals surface area contributed by atoms with Crippen LogP contribution in [-0.2, 0) is 0 Å². The summed E-state index contributed by atoms with van der Waals surface area (Å²) in [5.74, 6) is 0. The predicted octanol–water partition coefficient (Wildman–Crippen LogP) is 12.3. The van der Waals surface area contributed by atoms with Gasteiger partial charge < -0.3 is 0 Å². The molecule has 0 aliphatic carbocycles. The quantitative estimate of drug-likeness (QED) is 0.177. The zero-order valence-corrected chi connectivity index (χ0v) is 28.0. The fourth-order valence-corrected chi connectivity index (χ4v) is 8.11. The van der Waals surface area contributed by atoms with E-state index in [4.69, 9.17) is 15.0 Å². The van der Waals surface area contributed by atoms with E-state index in [0.29, 0.717) is 0 Å². The highest BCUT2D eigenvalue weighted by molar-refractivity contribution is 6.31. The molecular weight excluding hydrogens is 633 g/mol. The highest BCUT2D eigenvalue weighted by Crippen LogP contribution is 2.41. The number of hydrogen-bond acceptors (Lipinski definition) is 4. The molecule has 7 aromatic carbocycles. The van der Waals surface area contributed by atoms with Crippen LogP contribution in [0.1, 0.15) is 0 Å². The minimum atomic E-state index is 0.916. The van der Waals surface area contributed by atoms with E-state index in [-0.39, 0.29) is 0 Å². The van der Waals surface area contributed by atoms with E-state index < -0.39 is 0 Å². The van der Waals surface area contributed by atoms with Crippen LogP contribution in [0.15, 0.2) is 170 Å². The molecule has 0 radical (unpaired) electrons. The van der Waals surface area contributed by atoms with Crippen LogP contribution in [0.5, 0.6) is 0 Å². The Morgan fingerprint density at radius 1 is 0.346 bits per heavy atom. The maximum atomic E-state index is 5.49. The standard InChI is InChI=1S/C48H28N4/c1-3-15-36-34(13-1)35-14-2-5-17-38(35)47-44(36)37-16-4-6-18-39(37)45(52-47)32-11-7-10-30(27-32)42-23-21-31-26-29(20-22-43(31)51-42)41-28-33-12-8-24-49-46(33)48-40(41)19-9-25-50-48/h1-28H. The van der Waals surface area contributed by atoms with Gasteiger partial charge in [-0.15, -0.1) is 0 Å². The smallest absolute Gasteiger partial charge is 0.0970 e. The Bertz CT molecular complexity index is 3260. The van der Waals surface area contributed by atoms with Crippen molar-refractivity contribution in [3.63, 3.8) is 0 Å². The summed E-state index contributed by atoms with van der Waals surface area (Å²) in [5, 5.41) is 11.7. The molecule has 0 aliphatic rings. The second-order valence-electron chi connectivity index (χ2n) is 13.4. The molecule has 0 N–H and O–H groups in total. The lowest BCUT2D eigenvalue weighted by atomic mass is 9.92. The molecule has 0 atom stereocenters. The summed E-state index contributed by atoms with van der Waals surface area (Å²) in [7, 11) is 0. The van der Waals surface area contributed by atoms with E-state index in [1.54, 1.807) is 0 Å². The number of aromatic nitrogens is 4. The number of fused-ring (bicyclic) bond motifs is 12. The van der Waals surface area contributed by atoms with E-state index >= 15 is 0 Å². The van der Waals surface area contributed by atoms with Gasteiger partial charge in [0.2, 0.25) is 0 Å². The number of benzene rings is 7. The maximum absolute atomic E-state index is 5.49. The molecule has 4 aromatic heterocycles. The normalized spacial score (nSPS) is 11.8. The Labute approximate surface area is 298 Å². The zero-order valence-electron chi connectivity index (χ0n) is 28.0. The lowest BCUT2D eigenvalue weighted by Gasteiger charge is -2.15. The first-order chi connectivity index (χ1) is 25.8. The number of pyridine rings is 4. The highest BCUT2D eigenvalue weighted by atomic mass is 14.7. The lowest BCUT2D eigenvalue weighted by molar-refractivity contribution is 1.37. The zero-order chi connectivity index (χ0) is 34.2. The average Bonchev–Trinajstić information content (AvgIpc) is 3.22. The molecule has 0 saturated heterocycles. The van der Waals surface area contributed by atoms with E-state index in [1.165, 1.54) is 32.3 Å². The summed E-state index contributed by atoms with van der Waals surface area (Å²) in [5.41, 5.74) is 10.1. The minimum absolute atomic E-state index is 0.916. The molecule has 0 amide bonds. The van der Waals surface area contributed by atoms with Crippen molar-refractivity contribution in [3.05, 3.63) is 170 Å². The Morgan fingerprint density at radius 2 is 1.02 bits per heavy atom. The molecule has 0 saturated carbocycles. The highest BCUT2D eigenvalue weighted by Gasteiger charge is 2.17. The second-order valence-corrected chi connectivity index (χ2v) is 13.4. The van der Waals surface area contributed by atoms with Gasteiger partial charge in [0.1, 0.15) is 0 Å². The van der Waals surface area contributed by atoms with Crippen molar-refractivity contribution in [2.45, 2.75) is 0 Å². The summed E-state index contributed by atoms with van der Waals surface area (Å²) in [4.78, 5) is 20.0. The van der Waals surface area contributed by atoms with Gasteiger partial charge in [0.05, 0.1) is 33.5 Å². The van der Waals surface area contributed by atoms with Crippen LogP contribution >= 0.6 is 0 Å². The molecule has 0 spiro atoms. The Morgan fingerprint density at radius 3 is 1.87 bits per heavy atom. The molecule has 4 heteroatoms. The average molecular weight is 661 g/mol. The summed E-state index contributed by atoms with van der Waals surface area (Å²) < 4.78 is 0. The van der Waals surface area contributed by atoms with Gasteiger partial charge in [0.25, 0.3) is 0 Å². The SMILES string of the molecule is c1cc(-c2ccc3cc(-c4cc5cccnc5c5ncccc45)ccc3n2)cc(-c2nc3c4ccccc4c4ccccc4c3c3ccccc23)c1. The summed E-state index contributed by atoms with van der Waals surface area (Å²) >= 11 is 0. The largest absolute Gasteiger partial charge is 0.254 e. The summed E-state index contributed by atoms with van der Waals surface area (Å²) in [6.45, 7) is 0. The first-order valence-corrected chi connectivity index (χ1v) is 17.5. The van der Waals surface area contributed by atoms with Gasteiger partial charge in [-0.05, 0) is 75.1 Å². The van der Waals surface area contributed by atoms with Crippen molar-refractivity contribution in [2.24, 2.45) is 0 Å². The molecule has 4 nitrogen and oxygen atoms in total. The van der Waals surface area contributed by atoms with Gasteiger partial charge in [-0.1, -0.05) is 115 Å². The first kappa shape index (κ1) is 28.8. The molecule has 0 unspecified atom stereocenters. The fraction of sp³-hybridized carbons (Fsp3) is 0. The van der Waals surface area contributed by atoms with Crippen LogP contribution in [-0.4, -0.2) is 19.9 Å². The van der Waals surface area contributed by atoms with Crippen LogP contribution < -0.4 is 0 Å². The molecule has 11 aromatic rings. The van der Waals surface area contributed by atoms with Crippen LogP contribution in [0.4, 0.5) is 0 Å². The third-order valence-electron chi connectivity index (χ3n) is 10.5. The van der Waals surface area contributed by atoms with Crippen molar-refractivity contribution >= 4 is 75.9 Å². The van der Waals surface area contributed by atoms with E-state index in [1.807, 2.05) is 24.5 Å². The van der Waals surface area contributed by atoms with Gasteiger partial charge in [-0.3, -0.25) is 9.97 Å². The Hall–Kier alpha value is -7.04. The van der Waals surface area contributed by atoms with Gasteiger partial charge in [-0.2, -0.15) is 0 Å². The monoisotopic (exact) mass is 660 g/mol. The second kappa shape index (κ2) is 11.2. The van der Waals surface area contributed by atoms with Crippen molar-refractivity contribution < 1.29 is 0 Å². The maximum Gasteiger partial charge on any atom is 0.0970 e. The van der Waals surface area contributed by atoms with Gasteiger partial charge in [0.15, 0.2) is 0 Å². The molecule has 4 heterocycles. The van der Waals surface area contributed by atoms with E-state index in [9.17, 15) is 0 Å². The van der Waals surface area contributed by atoms with Crippen LogP contribution in [0, 0.1) is 0 Å². The Kier molecular flexibility index (Phi) is 6.22. The van der Waals surface area contributed by atoms with Crippen molar-refractivity contribution in [2.75, 3.05) is 0 Å². The van der Waals surface area contributed by atoms with E-state index in [2.05, 4.69) is 151 Å². The van der Waals surface area contributed by atoms with Gasteiger partial charge >= 0.3 is 0 Å². The van der Waals surface area contributed by atoms with Crippen molar-refractivity contribution in [1.29, 1.82) is 0 Å². The first-order valence-electron chi connectivity index (χ1n) is 17.5. The van der Waals surface area contributed by atoms with Gasteiger partial charge in [0, 0.05) is 55.8 Å². The summed E-state index contributed by atoms with van der Waals surface area (Å²) in [6, 6.07) is 55.9. The molecule has 0 fully saturated rings. The molecular formula is C48H28N4. The molecule has 0 bridgehead atoms. The van der Waals surface area contributed by atoms with E-state index in [0.717, 1.165) is 77.3 Å². The van der Waals surface area contributed by atoms with Crippen molar-refractivity contribution in [1.82, 2.24) is 19.9 Å². The Balaban J connectivity index is 1.05. The third kappa shape index (κ3) is 4.34. The van der Waals surface area contributed by atoms with Crippen LogP contribution in [0.3, 0.4) is 0 Å². The van der Waals surface area contributed by atoms with Crippen LogP contribution in [0.2, 0.25) is 0 Å².